The van der Waals surface area contributed by atoms with Crippen LogP contribution in [0, 0.1) is 11.3 Å². The number of hydrogen-bond donors (Lipinski definition) is 0. The van der Waals surface area contributed by atoms with Crippen molar-refractivity contribution in [3.63, 3.8) is 0 Å². The van der Waals surface area contributed by atoms with Gasteiger partial charge in [0.1, 0.15) is 17.2 Å². The Kier molecular flexibility index (Phi) is 7.59. The maximum absolute atomic E-state index is 11.0. The highest BCUT2D eigenvalue weighted by Crippen LogP contribution is 2.44. The fourth-order valence-corrected chi connectivity index (χ4v) is 10.3. The van der Waals surface area contributed by atoms with Crippen molar-refractivity contribution < 1.29 is 4.42 Å². The van der Waals surface area contributed by atoms with Gasteiger partial charge >= 0.3 is 0 Å². The van der Waals surface area contributed by atoms with E-state index in [1.165, 1.54) is 0 Å². The minimum atomic E-state index is 0.470. The first kappa shape index (κ1) is 36.2. The Bertz CT molecular complexity index is 4310. The summed E-state index contributed by atoms with van der Waals surface area (Å²) in [5, 5.41) is 19.6. The summed E-state index contributed by atoms with van der Waals surface area (Å²) in [6, 6.07) is 71.3. The molecular weight excluding hydrogens is 811 g/mol. The molecule has 5 aromatic heterocycles. The fraction of sp³-hybridized carbons (Fsp3) is 0. The van der Waals surface area contributed by atoms with Crippen molar-refractivity contribution in [2.24, 2.45) is 0 Å². The lowest BCUT2D eigenvalue weighted by molar-refractivity contribution is 0.673. The predicted octanol–water partition coefficient (Wildman–Crippen LogP) is 14.3. The highest BCUT2D eigenvalue weighted by atomic mass is 16.3. The van der Waals surface area contributed by atoms with Crippen molar-refractivity contribution in [1.29, 1.82) is 5.26 Å². The average molecular weight is 844 g/mol. The molecule has 14 aromatic rings. The predicted molar refractivity (Wildman–Crippen MR) is 266 cm³/mol. The van der Waals surface area contributed by atoms with Gasteiger partial charge in [0.25, 0.3) is 0 Å². The van der Waals surface area contributed by atoms with Gasteiger partial charge < -0.3 is 13.6 Å². The van der Waals surface area contributed by atoms with Crippen molar-refractivity contribution in [2.75, 3.05) is 0 Å². The topological polar surface area (TPSA) is 90.4 Å². The Morgan fingerprint density at radius 2 is 0.970 bits per heavy atom. The summed E-state index contributed by atoms with van der Waals surface area (Å²) < 4.78 is 13.6. The van der Waals surface area contributed by atoms with Crippen molar-refractivity contribution >= 4 is 87.4 Å². The van der Waals surface area contributed by atoms with E-state index < -0.39 is 0 Å². The standard InChI is InChI=1S/C58H33N7O/c59-34-37-31-36(57-60-56(35-15-3-1-4-16-35)61-58(62-57)65-48-24-12-7-19-39(48)40-20-8-13-25-49(40)65)27-29-46(37)64-47-23-11-9-21-41(47)44-33-53-45(32-52(44)64)42-28-30-51-54(55(42)66-53)43-22-10-14-26-50(43)63(51)38-17-5-2-6-18-38/h1-33H. The summed E-state index contributed by atoms with van der Waals surface area (Å²) >= 11 is 0. The van der Waals surface area contributed by atoms with Crippen molar-refractivity contribution in [3.8, 4) is 46.2 Å². The number of hydrogen-bond acceptors (Lipinski definition) is 5. The molecule has 8 nitrogen and oxygen atoms in total. The highest BCUT2D eigenvalue weighted by molar-refractivity contribution is 6.25. The molecule has 0 aliphatic heterocycles. The van der Waals surface area contributed by atoms with Gasteiger partial charge in [0.2, 0.25) is 5.95 Å². The molecule has 8 heteroatoms. The molecule has 0 aliphatic carbocycles. The first-order valence-electron chi connectivity index (χ1n) is 21.9. The van der Waals surface area contributed by atoms with Gasteiger partial charge in [-0.15, -0.1) is 0 Å². The van der Waals surface area contributed by atoms with Crippen LogP contribution < -0.4 is 0 Å². The zero-order valence-corrected chi connectivity index (χ0v) is 35.1. The van der Waals surface area contributed by atoms with Crippen LogP contribution in [0.3, 0.4) is 0 Å². The van der Waals surface area contributed by atoms with E-state index in [-0.39, 0.29) is 0 Å². The van der Waals surface area contributed by atoms with E-state index in [0.29, 0.717) is 28.7 Å². The number of aromatic nitrogens is 6. The summed E-state index contributed by atoms with van der Waals surface area (Å²) in [5.41, 5.74) is 11.7. The molecular formula is C58H33N7O. The normalized spacial score (nSPS) is 11.9. The van der Waals surface area contributed by atoms with Crippen molar-refractivity contribution in [2.45, 2.75) is 0 Å². The first-order chi connectivity index (χ1) is 32.7. The Morgan fingerprint density at radius 3 is 1.65 bits per heavy atom. The first-order valence-corrected chi connectivity index (χ1v) is 21.9. The summed E-state index contributed by atoms with van der Waals surface area (Å²) in [6.07, 6.45) is 0. The van der Waals surface area contributed by atoms with E-state index in [9.17, 15) is 5.26 Å². The molecule has 66 heavy (non-hydrogen) atoms. The molecule has 0 aliphatic rings. The van der Waals surface area contributed by atoms with E-state index in [2.05, 4.69) is 147 Å². The van der Waals surface area contributed by atoms with E-state index in [4.69, 9.17) is 19.4 Å². The molecule has 0 bridgehead atoms. The van der Waals surface area contributed by atoms with Gasteiger partial charge in [-0.25, -0.2) is 4.98 Å². The molecule has 9 aromatic carbocycles. The van der Waals surface area contributed by atoms with E-state index in [1.807, 2.05) is 72.8 Å². The quantitative estimate of drug-likeness (QED) is 0.172. The van der Waals surface area contributed by atoms with Gasteiger partial charge in [-0.3, -0.25) is 4.57 Å². The smallest absolute Gasteiger partial charge is 0.238 e. The largest absolute Gasteiger partial charge is 0.455 e. The van der Waals surface area contributed by atoms with Crippen LogP contribution >= 0.6 is 0 Å². The van der Waals surface area contributed by atoms with E-state index in [0.717, 1.165) is 104 Å². The van der Waals surface area contributed by atoms with Crippen LogP contribution in [0.1, 0.15) is 5.56 Å². The Balaban J connectivity index is 0.974. The number of nitrogens with zero attached hydrogens (tertiary/aromatic N) is 7. The third-order valence-corrected chi connectivity index (χ3v) is 13.1. The van der Waals surface area contributed by atoms with Gasteiger partial charge in [-0.2, -0.15) is 15.2 Å². The number of para-hydroxylation sites is 5. The van der Waals surface area contributed by atoms with E-state index in [1.54, 1.807) is 0 Å². The van der Waals surface area contributed by atoms with Crippen LogP contribution in [0.2, 0.25) is 0 Å². The van der Waals surface area contributed by atoms with Crippen LogP contribution in [0.15, 0.2) is 205 Å². The Hall–Kier alpha value is -9.32. The SMILES string of the molecule is N#Cc1cc(-c2nc(-c3ccccc3)nc(-n3c4ccccc4c4ccccc43)n2)ccc1-n1c2ccccc2c2cc3oc4c(ccc5c4c4ccccc4n5-c4ccccc4)c3cc21. The second-order valence-corrected chi connectivity index (χ2v) is 16.7. The van der Waals surface area contributed by atoms with Gasteiger partial charge in [0.15, 0.2) is 11.6 Å². The zero-order valence-electron chi connectivity index (χ0n) is 35.1. The minimum Gasteiger partial charge on any atom is -0.455 e. The summed E-state index contributed by atoms with van der Waals surface area (Å²) in [6.45, 7) is 0. The fourth-order valence-electron chi connectivity index (χ4n) is 10.3. The number of fused-ring (bicyclic) bond motifs is 13. The Labute approximate surface area is 376 Å². The van der Waals surface area contributed by atoms with Gasteiger partial charge in [0.05, 0.1) is 49.7 Å². The number of furan rings is 1. The lowest BCUT2D eigenvalue weighted by Gasteiger charge is -2.13. The molecule has 306 valence electrons. The average Bonchev–Trinajstić information content (AvgIpc) is 4.12. The highest BCUT2D eigenvalue weighted by Gasteiger charge is 2.23. The van der Waals surface area contributed by atoms with Crippen LogP contribution in [-0.4, -0.2) is 28.7 Å². The number of nitriles is 1. The van der Waals surface area contributed by atoms with Crippen LogP contribution in [-0.2, 0) is 0 Å². The van der Waals surface area contributed by atoms with Gasteiger partial charge in [-0.05, 0) is 78.9 Å². The maximum atomic E-state index is 11.0. The molecule has 0 spiro atoms. The molecule has 0 radical (unpaired) electrons. The summed E-state index contributed by atoms with van der Waals surface area (Å²) in [7, 11) is 0. The molecule has 0 atom stereocenters. The van der Waals surface area contributed by atoms with Crippen molar-refractivity contribution in [3.05, 3.63) is 206 Å². The van der Waals surface area contributed by atoms with Crippen LogP contribution in [0.25, 0.3) is 127 Å². The summed E-state index contributed by atoms with van der Waals surface area (Å²) in [5.74, 6) is 1.51. The molecule has 0 saturated carbocycles. The van der Waals surface area contributed by atoms with Crippen LogP contribution in [0.4, 0.5) is 0 Å². The second kappa shape index (κ2) is 13.8. The second-order valence-electron chi connectivity index (χ2n) is 16.7. The number of benzene rings is 9. The van der Waals surface area contributed by atoms with Gasteiger partial charge in [-0.1, -0.05) is 121 Å². The van der Waals surface area contributed by atoms with Crippen LogP contribution in [0.5, 0.6) is 0 Å². The lowest BCUT2D eigenvalue weighted by atomic mass is 10.1. The molecule has 0 N–H and O–H groups in total. The molecule has 0 saturated heterocycles. The monoisotopic (exact) mass is 843 g/mol. The maximum Gasteiger partial charge on any atom is 0.238 e. The molecule has 0 amide bonds. The minimum absolute atomic E-state index is 0.470. The molecule has 5 heterocycles. The third-order valence-electron chi connectivity index (χ3n) is 13.1. The third kappa shape index (κ3) is 5.16. The Morgan fingerprint density at radius 1 is 0.394 bits per heavy atom. The molecule has 0 unspecified atom stereocenters. The number of rotatable bonds is 5. The lowest BCUT2D eigenvalue weighted by Crippen LogP contribution is -2.06. The summed E-state index contributed by atoms with van der Waals surface area (Å²) in [4.78, 5) is 15.3. The van der Waals surface area contributed by atoms with Crippen molar-refractivity contribution in [1.82, 2.24) is 28.7 Å². The molecule has 14 rings (SSSR count). The molecule has 0 fully saturated rings. The van der Waals surface area contributed by atoms with Gasteiger partial charge in [0, 0.05) is 54.5 Å². The van der Waals surface area contributed by atoms with E-state index >= 15 is 0 Å². The zero-order chi connectivity index (χ0) is 43.5.